The highest BCUT2D eigenvalue weighted by Gasteiger charge is 2.39. The topological polar surface area (TPSA) is 122 Å². The first-order valence-electron chi connectivity index (χ1n) is 13.8. The third-order valence-corrected chi connectivity index (χ3v) is 8.03. The molecule has 2 aliphatic rings. The Balaban J connectivity index is 1.22. The molecule has 0 aliphatic carbocycles. The van der Waals surface area contributed by atoms with E-state index in [1.807, 2.05) is 0 Å². The number of esters is 1. The number of ether oxygens (including phenoxy) is 1. The number of piperidine rings is 1. The summed E-state index contributed by atoms with van der Waals surface area (Å²) in [6.07, 6.45) is 5.64. The van der Waals surface area contributed by atoms with Crippen molar-refractivity contribution in [2.45, 2.75) is 18.4 Å². The van der Waals surface area contributed by atoms with Crippen LogP contribution >= 0.6 is 11.6 Å². The fraction of sp³-hybridized carbons (Fsp3) is 0.188. The molecule has 224 valence electrons. The van der Waals surface area contributed by atoms with Crippen LogP contribution in [-0.2, 0) is 9.53 Å². The average molecular weight is 617 g/mol. The van der Waals surface area contributed by atoms with Gasteiger partial charge in [-0.3, -0.25) is 9.59 Å². The van der Waals surface area contributed by atoms with E-state index in [1.54, 1.807) is 53.7 Å². The molecule has 4 aromatic rings. The molecule has 3 heterocycles. The molecular weight excluding hydrogens is 590 g/mol. The Hall–Kier alpha value is -4.87. The predicted octanol–water partition coefficient (Wildman–Crippen LogP) is 3.92. The van der Waals surface area contributed by atoms with E-state index in [2.05, 4.69) is 20.6 Å². The fourth-order valence-corrected chi connectivity index (χ4v) is 5.61. The maximum absolute atomic E-state index is 14.7. The summed E-state index contributed by atoms with van der Waals surface area (Å²) in [6, 6.07) is 13.8. The molecule has 0 unspecified atom stereocenters. The zero-order valence-electron chi connectivity index (χ0n) is 23.5. The molecule has 44 heavy (non-hydrogen) atoms. The SMILES string of the molecule is COC(=O)C1(N)CCN(C(=O)c2ccc(Nc3ncc4c(n3)C=c3cc(Cl)cc(-c5c(F)cccc5F)c3=CN4)cc2)CC1. The van der Waals surface area contributed by atoms with Crippen molar-refractivity contribution in [3.63, 3.8) is 0 Å². The summed E-state index contributed by atoms with van der Waals surface area (Å²) in [4.78, 5) is 35.7. The average Bonchev–Trinajstić information content (AvgIpc) is 3.19. The number of likely N-dealkylation sites (tertiary alicyclic amines) is 1. The van der Waals surface area contributed by atoms with Crippen molar-refractivity contribution in [1.82, 2.24) is 14.9 Å². The maximum Gasteiger partial charge on any atom is 0.325 e. The van der Waals surface area contributed by atoms with Gasteiger partial charge in [0.2, 0.25) is 5.95 Å². The van der Waals surface area contributed by atoms with E-state index in [4.69, 9.17) is 22.1 Å². The molecule has 9 nitrogen and oxygen atoms in total. The molecule has 4 N–H and O–H groups in total. The maximum atomic E-state index is 14.7. The Morgan fingerprint density at radius 1 is 1.09 bits per heavy atom. The molecule has 0 spiro atoms. The van der Waals surface area contributed by atoms with Gasteiger partial charge in [-0.05, 0) is 78.2 Å². The molecule has 2 aliphatic heterocycles. The van der Waals surface area contributed by atoms with Crippen LogP contribution in [0, 0.1) is 11.6 Å². The van der Waals surface area contributed by atoms with E-state index in [-0.39, 0.29) is 11.5 Å². The number of rotatable bonds is 5. The minimum Gasteiger partial charge on any atom is -0.468 e. The van der Waals surface area contributed by atoms with E-state index in [1.165, 1.54) is 31.4 Å². The molecule has 1 saturated heterocycles. The second kappa shape index (κ2) is 11.7. The monoisotopic (exact) mass is 616 g/mol. The minimum atomic E-state index is -1.08. The predicted molar refractivity (Wildman–Crippen MR) is 164 cm³/mol. The first-order chi connectivity index (χ1) is 21.1. The molecule has 0 atom stereocenters. The van der Waals surface area contributed by atoms with Gasteiger partial charge < -0.3 is 26.0 Å². The molecule has 1 fully saturated rings. The normalized spacial score (nSPS) is 15.0. The lowest BCUT2D eigenvalue weighted by Gasteiger charge is -2.37. The van der Waals surface area contributed by atoms with Crippen LogP contribution in [0.25, 0.3) is 23.4 Å². The Morgan fingerprint density at radius 2 is 1.80 bits per heavy atom. The van der Waals surface area contributed by atoms with Gasteiger partial charge in [0.25, 0.3) is 5.91 Å². The van der Waals surface area contributed by atoms with Gasteiger partial charge in [-0.2, -0.15) is 0 Å². The Labute approximate surface area is 256 Å². The number of amides is 1. The molecule has 0 bridgehead atoms. The highest BCUT2D eigenvalue weighted by Crippen LogP contribution is 2.27. The van der Waals surface area contributed by atoms with Gasteiger partial charge in [0, 0.05) is 40.8 Å². The molecule has 0 radical (unpaired) electrons. The van der Waals surface area contributed by atoms with Crippen LogP contribution in [-0.4, -0.2) is 52.5 Å². The van der Waals surface area contributed by atoms with Gasteiger partial charge in [0.05, 0.1) is 30.3 Å². The number of benzene rings is 3. The van der Waals surface area contributed by atoms with Crippen molar-refractivity contribution in [2.24, 2.45) is 5.73 Å². The zero-order valence-corrected chi connectivity index (χ0v) is 24.3. The summed E-state index contributed by atoms with van der Waals surface area (Å²) in [5.74, 6) is -1.73. The fourth-order valence-electron chi connectivity index (χ4n) is 5.38. The van der Waals surface area contributed by atoms with Crippen LogP contribution in [0.15, 0.2) is 60.8 Å². The van der Waals surface area contributed by atoms with Gasteiger partial charge >= 0.3 is 5.97 Å². The third-order valence-electron chi connectivity index (χ3n) is 7.81. The van der Waals surface area contributed by atoms with Crippen LogP contribution in [0.4, 0.5) is 26.1 Å². The van der Waals surface area contributed by atoms with Crippen LogP contribution < -0.4 is 26.8 Å². The lowest BCUT2D eigenvalue weighted by molar-refractivity contribution is -0.148. The van der Waals surface area contributed by atoms with Gasteiger partial charge in [-0.25, -0.2) is 18.7 Å². The number of nitrogens with one attached hydrogen (secondary N) is 2. The second-order valence-electron chi connectivity index (χ2n) is 10.6. The molecule has 1 aromatic heterocycles. The lowest BCUT2D eigenvalue weighted by Crippen LogP contribution is -2.57. The number of nitrogens with two attached hydrogens (primary N) is 1. The number of halogens is 3. The number of hydrogen-bond donors (Lipinski definition) is 3. The van der Waals surface area contributed by atoms with Crippen molar-refractivity contribution in [2.75, 3.05) is 30.8 Å². The zero-order chi connectivity index (χ0) is 31.0. The summed E-state index contributed by atoms with van der Waals surface area (Å²) < 4.78 is 34.2. The molecule has 0 saturated carbocycles. The number of carbonyl (C=O) groups is 2. The first-order valence-corrected chi connectivity index (χ1v) is 14.2. The van der Waals surface area contributed by atoms with Crippen molar-refractivity contribution in [3.8, 4) is 11.1 Å². The quantitative estimate of drug-likeness (QED) is 0.289. The third kappa shape index (κ3) is 5.59. The minimum absolute atomic E-state index is 0.159. The number of anilines is 3. The summed E-state index contributed by atoms with van der Waals surface area (Å²) in [5, 5.41) is 7.74. The van der Waals surface area contributed by atoms with Crippen molar-refractivity contribution < 1.29 is 23.1 Å². The van der Waals surface area contributed by atoms with Gasteiger partial charge in [-0.15, -0.1) is 0 Å². The Kier molecular flexibility index (Phi) is 7.74. The highest BCUT2D eigenvalue weighted by atomic mass is 35.5. The van der Waals surface area contributed by atoms with Crippen molar-refractivity contribution in [3.05, 3.63) is 99.1 Å². The van der Waals surface area contributed by atoms with Gasteiger partial charge in [0.1, 0.15) is 17.2 Å². The van der Waals surface area contributed by atoms with E-state index < -0.39 is 23.1 Å². The number of fused-ring (bicyclic) bond motifs is 2. The van der Waals surface area contributed by atoms with Crippen molar-refractivity contribution >= 4 is 53.1 Å². The Bertz CT molecular complexity index is 1890. The van der Waals surface area contributed by atoms with Crippen LogP contribution in [0.2, 0.25) is 5.02 Å². The number of methoxy groups -OCH3 is 1. The van der Waals surface area contributed by atoms with E-state index in [0.29, 0.717) is 75.5 Å². The summed E-state index contributed by atoms with van der Waals surface area (Å²) in [7, 11) is 1.30. The number of carbonyl (C=O) groups excluding carboxylic acids is 2. The van der Waals surface area contributed by atoms with Gasteiger partial charge in [0.15, 0.2) is 0 Å². The standard InChI is InChI=1S/C32H27ClF2N6O3/c1-44-30(43)32(36)9-11-41(12-10-32)29(42)18-5-7-21(8-6-18)39-31-38-17-27-26(40-31)14-19-13-20(33)15-22(23(19)16-37-27)28-24(34)3-2-4-25(28)35/h2-8,13-17,37H,9-12,36H2,1H3,(H,38,39,40). The summed E-state index contributed by atoms with van der Waals surface area (Å²) in [6.45, 7) is 0.695. The second-order valence-corrected chi connectivity index (χ2v) is 11.1. The van der Waals surface area contributed by atoms with Gasteiger partial charge in [-0.1, -0.05) is 17.7 Å². The smallest absolute Gasteiger partial charge is 0.325 e. The first kappa shape index (κ1) is 29.2. The van der Waals surface area contributed by atoms with E-state index in [9.17, 15) is 18.4 Å². The molecular formula is C32H27ClF2N6O3. The van der Waals surface area contributed by atoms with Crippen LogP contribution in [0.3, 0.4) is 0 Å². The summed E-state index contributed by atoms with van der Waals surface area (Å²) >= 11 is 6.38. The molecule has 6 rings (SSSR count). The lowest BCUT2D eigenvalue weighted by atomic mass is 9.88. The number of nitrogens with zero attached hydrogens (tertiary/aromatic N) is 3. The Morgan fingerprint density at radius 3 is 2.48 bits per heavy atom. The number of aromatic nitrogens is 2. The summed E-state index contributed by atoms with van der Waals surface area (Å²) in [5.41, 5.74) is 7.46. The van der Waals surface area contributed by atoms with Crippen LogP contribution in [0.1, 0.15) is 28.9 Å². The van der Waals surface area contributed by atoms with Crippen LogP contribution in [0.5, 0.6) is 0 Å². The van der Waals surface area contributed by atoms with E-state index >= 15 is 0 Å². The van der Waals surface area contributed by atoms with Crippen molar-refractivity contribution in [1.29, 1.82) is 0 Å². The largest absolute Gasteiger partial charge is 0.468 e. The van der Waals surface area contributed by atoms with E-state index in [0.717, 1.165) is 0 Å². The molecule has 12 heteroatoms. The molecule has 1 amide bonds. The molecule has 3 aromatic carbocycles. The number of hydrogen-bond acceptors (Lipinski definition) is 8. The highest BCUT2D eigenvalue weighted by molar-refractivity contribution is 6.30.